The van der Waals surface area contributed by atoms with Crippen LogP contribution in [-0.2, 0) is 4.79 Å². The van der Waals surface area contributed by atoms with Crippen LogP contribution in [0.5, 0.6) is 0 Å². The average molecular weight is 446 g/mol. The first kappa shape index (κ1) is 19.0. The Balaban J connectivity index is 1.60. The van der Waals surface area contributed by atoms with E-state index in [9.17, 15) is 9.59 Å². The predicted octanol–water partition coefficient (Wildman–Crippen LogP) is 3.39. The maximum absolute atomic E-state index is 12.3. The van der Waals surface area contributed by atoms with E-state index in [4.69, 9.17) is 12.2 Å². The minimum Gasteiger partial charge on any atom is -0.331 e. The van der Waals surface area contributed by atoms with Gasteiger partial charge in [0.05, 0.1) is 5.71 Å². The quantitative estimate of drug-likeness (QED) is 0.487. The summed E-state index contributed by atoms with van der Waals surface area (Å²) in [6, 6.07) is 16.1. The van der Waals surface area contributed by atoms with Gasteiger partial charge in [-0.15, -0.1) is 5.01 Å². The van der Waals surface area contributed by atoms with Crippen molar-refractivity contribution in [2.75, 3.05) is 5.32 Å². The zero-order chi connectivity index (χ0) is 19.2. The predicted molar refractivity (Wildman–Crippen MR) is 111 cm³/mol. The standard InChI is InChI=1S/C18H16BrN5O2S/c19-13-6-8-14(9-7-13)20-17(27)21-22-18(26)24-16(25)11-10-15(23-24)12-4-2-1-3-5-12/h1-9H,10-11H2,(H,22,26)(H2,20,21,27). The molecule has 2 aromatic rings. The summed E-state index contributed by atoms with van der Waals surface area (Å²) in [5, 5.41) is 8.11. The number of carbonyl (C=O) groups is 2. The lowest BCUT2D eigenvalue weighted by Crippen LogP contribution is -2.51. The number of hydrogen-bond donors (Lipinski definition) is 3. The lowest BCUT2D eigenvalue weighted by Gasteiger charge is -2.22. The molecule has 0 saturated carbocycles. The molecule has 0 fully saturated rings. The van der Waals surface area contributed by atoms with E-state index in [1.54, 1.807) is 0 Å². The van der Waals surface area contributed by atoms with Gasteiger partial charge in [-0.2, -0.15) is 5.10 Å². The summed E-state index contributed by atoms with van der Waals surface area (Å²) >= 11 is 8.48. The van der Waals surface area contributed by atoms with Crippen LogP contribution in [0.2, 0.25) is 0 Å². The van der Waals surface area contributed by atoms with Gasteiger partial charge in [0.25, 0.3) is 5.91 Å². The molecule has 1 heterocycles. The van der Waals surface area contributed by atoms with Crippen molar-refractivity contribution in [3.05, 3.63) is 64.6 Å². The molecule has 0 bridgehead atoms. The molecule has 3 rings (SSSR count). The fourth-order valence-corrected chi connectivity index (χ4v) is 2.84. The number of thiocarbonyl (C=S) groups is 1. The minimum absolute atomic E-state index is 0.183. The Hall–Kier alpha value is -2.78. The van der Waals surface area contributed by atoms with Crippen molar-refractivity contribution in [1.29, 1.82) is 0 Å². The van der Waals surface area contributed by atoms with E-state index in [1.165, 1.54) is 0 Å². The van der Waals surface area contributed by atoms with E-state index in [1.807, 2.05) is 54.6 Å². The van der Waals surface area contributed by atoms with Crippen molar-refractivity contribution in [2.45, 2.75) is 12.8 Å². The van der Waals surface area contributed by atoms with Crippen LogP contribution in [0.4, 0.5) is 10.5 Å². The lowest BCUT2D eigenvalue weighted by atomic mass is 10.0. The number of imide groups is 1. The number of halogens is 1. The monoisotopic (exact) mass is 445 g/mol. The second kappa shape index (κ2) is 8.74. The van der Waals surface area contributed by atoms with Gasteiger partial charge in [-0.05, 0) is 42.0 Å². The first-order valence-corrected chi connectivity index (χ1v) is 9.31. The number of nitrogens with zero attached hydrogens (tertiary/aromatic N) is 2. The Labute approximate surface area is 169 Å². The fraction of sp³-hybridized carbons (Fsp3) is 0.111. The summed E-state index contributed by atoms with van der Waals surface area (Å²) in [7, 11) is 0. The number of hydrogen-bond acceptors (Lipinski definition) is 4. The van der Waals surface area contributed by atoms with Crippen LogP contribution in [0.3, 0.4) is 0 Å². The highest BCUT2D eigenvalue weighted by Gasteiger charge is 2.26. The van der Waals surface area contributed by atoms with Crippen LogP contribution in [0.25, 0.3) is 0 Å². The molecule has 0 aromatic heterocycles. The van der Waals surface area contributed by atoms with Crippen molar-refractivity contribution < 1.29 is 9.59 Å². The van der Waals surface area contributed by atoms with Crippen LogP contribution < -0.4 is 16.2 Å². The summed E-state index contributed by atoms with van der Waals surface area (Å²) in [5.74, 6) is -0.374. The number of carbonyl (C=O) groups excluding carboxylic acids is 2. The Morgan fingerprint density at radius 3 is 2.44 bits per heavy atom. The van der Waals surface area contributed by atoms with E-state index in [-0.39, 0.29) is 17.4 Å². The van der Waals surface area contributed by atoms with Crippen LogP contribution in [0.15, 0.2) is 64.2 Å². The molecule has 1 aliphatic heterocycles. The van der Waals surface area contributed by atoms with Crippen LogP contribution in [0.1, 0.15) is 18.4 Å². The molecular weight excluding hydrogens is 430 g/mol. The Bertz CT molecular complexity index is 886. The zero-order valence-electron chi connectivity index (χ0n) is 14.1. The zero-order valence-corrected chi connectivity index (χ0v) is 16.5. The minimum atomic E-state index is -0.701. The summed E-state index contributed by atoms with van der Waals surface area (Å²) in [6.45, 7) is 0. The number of amides is 3. The molecule has 0 spiro atoms. The van der Waals surface area contributed by atoms with Gasteiger partial charge >= 0.3 is 6.03 Å². The average Bonchev–Trinajstić information content (AvgIpc) is 2.69. The molecule has 0 saturated heterocycles. The highest BCUT2D eigenvalue weighted by molar-refractivity contribution is 9.10. The molecule has 0 unspecified atom stereocenters. The third-order valence-corrected chi connectivity index (χ3v) is 4.45. The third-order valence-electron chi connectivity index (χ3n) is 3.72. The van der Waals surface area contributed by atoms with Gasteiger partial charge in [0, 0.05) is 23.0 Å². The number of anilines is 1. The Kier molecular flexibility index (Phi) is 6.15. The van der Waals surface area contributed by atoms with E-state index in [0.717, 1.165) is 20.7 Å². The van der Waals surface area contributed by atoms with Gasteiger partial charge in [0.15, 0.2) is 5.11 Å². The number of rotatable bonds is 2. The molecule has 0 aliphatic carbocycles. The first-order valence-electron chi connectivity index (χ1n) is 8.11. The smallest absolute Gasteiger partial charge is 0.331 e. The summed E-state index contributed by atoms with van der Waals surface area (Å²) in [4.78, 5) is 24.4. The number of hydrazine groups is 1. The molecule has 27 heavy (non-hydrogen) atoms. The number of urea groups is 1. The van der Waals surface area contributed by atoms with E-state index >= 15 is 0 Å². The summed E-state index contributed by atoms with van der Waals surface area (Å²) in [5.41, 5.74) is 7.26. The van der Waals surface area contributed by atoms with Gasteiger partial charge in [0.1, 0.15) is 0 Å². The SMILES string of the molecule is O=C1CCC(c2ccccc2)=NN1C(=O)NNC(=S)Nc1ccc(Br)cc1. The third kappa shape index (κ3) is 5.11. The number of hydrazone groups is 1. The summed E-state index contributed by atoms with van der Waals surface area (Å²) in [6.07, 6.45) is 0.701. The fourth-order valence-electron chi connectivity index (χ4n) is 2.41. The second-order valence-electron chi connectivity index (χ2n) is 5.63. The van der Waals surface area contributed by atoms with Crippen LogP contribution in [0, 0.1) is 0 Å². The molecule has 0 radical (unpaired) electrons. The highest BCUT2D eigenvalue weighted by Crippen LogP contribution is 2.15. The van der Waals surface area contributed by atoms with Crippen molar-refractivity contribution >= 4 is 56.6 Å². The molecular formula is C18H16BrN5O2S. The Morgan fingerprint density at radius 2 is 1.74 bits per heavy atom. The van der Waals surface area contributed by atoms with Gasteiger partial charge < -0.3 is 5.32 Å². The van der Waals surface area contributed by atoms with Crippen LogP contribution in [-0.4, -0.2) is 27.8 Å². The number of nitrogens with one attached hydrogen (secondary N) is 3. The summed E-state index contributed by atoms with van der Waals surface area (Å²) < 4.78 is 0.941. The van der Waals surface area contributed by atoms with Crippen molar-refractivity contribution in [3.8, 4) is 0 Å². The van der Waals surface area contributed by atoms with Gasteiger partial charge in [-0.25, -0.2) is 10.2 Å². The maximum Gasteiger partial charge on any atom is 0.363 e. The molecule has 9 heteroatoms. The molecule has 138 valence electrons. The largest absolute Gasteiger partial charge is 0.363 e. The maximum atomic E-state index is 12.3. The first-order chi connectivity index (χ1) is 13.0. The van der Waals surface area contributed by atoms with E-state index in [0.29, 0.717) is 12.1 Å². The van der Waals surface area contributed by atoms with Crippen molar-refractivity contribution in [3.63, 3.8) is 0 Å². The van der Waals surface area contributed by atoms with Gasteiger partial charge in [-0.3, -0.25) is 10.2 Å². The van der Waals surface area contributed by atoms with E-state index < -0.39 is 6.03 Å². The molecule has 0 atom stereocenters. The van der Waals surface area contributed by atoms with Gasteiger partial charge in [-0.1, -0.05) is 46.3 Å². The van der Waals surface area contributed by atoms with Crippen LogP contribution >= 0.6 is 28.1 Å². The topological polar surface area (TPSA) is 85.8 Å². The Morgan fingerprint density at radius 1 is 1.04 bits per heavy atom. The molecule has 7 nitrogen and oxygen atoms in total. The normalized spacial score (nSPS) is 13.6. The van der Waals surface area contributed by atoms with E-state index in [2.05, 4.69) is 37.2 Å². The molecule has 1 aliphatic rings. The molecule has 3 amide bonds. The highest BCUT2D eigenvalue weighted by atomic mass is 79.9. The molecule has 2 aromatic carbocycles. The van der Waals surface area contributed by atoms with Crippen molar-refractivity contribution in [1.82, 2.24) is 15.9 Å². The van der Waals surface area contributed by atoms with Gasteiger partial charge in [0.2, 0.25) is 0 Å². The lowest BCUT2D eigenvalue weighted by molar-refractivity contribution is -0.128. The second-order valence-corrected chi connectivity index (χ2v) is 6.96. The number of benzene rings is 2. The molecule has 3 N–H and O–H groups in total. The van der Waals surface area contributed by atoms with Crippen molar-refractivity contribution in [2.24, 2.45) is 5.10 Å².